The molecule has 2 atom stereocenters. The van der Waals surface area contributed by atoms with Crippen LogP contribution in [-0.4, -0.2) is 40.8 Å². The van der Waals surface area contributed by atoms with Crippen molar-refractivity contribution in [1.29, 1.82) is 0 Å². The van der Waals surface area contributed by atoms with E-state index in [1.54, 1.807) is 6.07 Å². The fourth-order valence-corrected chi connectivity index (χ4v) is 3.26. The van der Waals surface area contributed by atoms with E-state index < -0.39 is 0 Å². The number of hydrogen-bond donors (Lipinski definition) is 3. The molecule has 0 aliphatic carbocycles. The third-order valence-corrected chi connectivity index (χ3v) is 4.49. The highest BCUT2D eigenvalue weighted by molar-refractivity contribution is 5.40. The highest BCUT2D eigenvalue weighted by Crippen LogP contribution is 2.33. The molecular weight excluding hydrogens is 264 g/mol. The Morgan fingerprint density at radius 2 is 2.05 bits per heavy atom. The molecule has 21 heavy (non-hydrogen) atoms. The van der Waals surface area contributed by atoms with Crippen molar-refractivity contribution < 1.29 is 10.2 Å². The Morgan fingerprint density at radius 3 is 2.62 bits per heavy atom. The summed E-state index contributed by atoms with van der Waals surface area (Å²) in [4.78, 5) is 2.43. The average molecular weight is 292 g/mol. The van der Waals surface area contributed by atoms with Crippen LogP contribution < -0.4 is 5.32 Å². The lowest BCUT2D eigenvalue weighted by Crippen LogP contribution is -2.42. The molecular formula is C17H28N2O2. The lowest BCUT2D eigenvalue weighted by atomic mass is 9.96. The van der Waals surface area contributed by atoms with Crippen LogP contribution in [-0.2, 0) is 0 Å². The van der Waals surface area contributed by atoms with E-state index in [1.807, 2.05) is 6.07 Å². The third-order valence-electron chi connectivity index (χ3n) is 4.49. The van der Waals surface area contributed by atoms with Gasteiger partial charge in [0, 0.05) is 30.3 Å². The second-order valence-electron chi connectivity index (χ2n) is 6.42. The SMILES string of the molecule is CC(C)N(CC1CCCNC1)C(C)c1ccc(O)cc1O. The van der Waals surface area contributed by atoms with Crippen molar-refractivity contribution in [3.05, 3.63) is 23.8 Å². The first kappa shape index (κ1) is 16.1. The van der Waals surface area contributed by atoms with Crippen molar-refractivity contribution in [3.63, 3.8) is 0 Å². The zero-order valence-corrected chi connectivity index (χ0v) is 13.3. The van der Waals surface area contributed by atoms with Gasteiger partial charge in [0.1, 0.15) is 11.5 Å². The van der Waals surface area contributed by atoms with Crippen LogP contribution >= 0.6 is 0 Å². The van der Waals surface area contributed by atoms with Crippen molar-refractivity contribution in [2.24, 2.45) is 5.92 Å². The summed E-state index contributed by atoms with van der Waals surface area (Å²) in [6, 6.07) is 5.44. The van der Waals surface area contributed by atoms with E-state index in [2.05, 4.69) is 31.0 Å². The number of phenols is 2. The van der Waals surface area contributed by atoms with Crippen molar-refractivity contribution in [3.8, 4) is 11.5 Å². The predicted octanol–water partition coefficient (Wildman–Crippen LogP) is 2.87. The van der Waals surface area contributed by atoms with Crippen LogP contribution in [0.4, 0.5) is 0 Å². The number of phenolic OH excluding ortho intramolecular Hbond substituents is 2. The number of rotatable bonds is 5. The Labute approximate surface area is 127 Å². The van der Waals surface area contributed by atoms with Crippen molar-refractivity contribution >= 4 is 0 Å². The van der Waals surface area contributed by atoms with E-state index >= 15 is 0 Å². The van der Waals surface area contributed by atoms with E-state index in [0.717, 1.165) is 25.2 Å². The maximum absolute atomic E-state index is 10.1. The van der Waals surface area contributed by atoms with Gasteiger partial charge in [0.15, 0.2) is 0 Å². The maximum Gasteiger partial charge on any atom is 0.124 e. The third kappa shape index (κ3) is 4.11. The number of aromatic hydroxyl groups is 2. The quantitative estimate of drug-likeness (QED) is 0.781. The van der Waals surface area contributed by atoms with Crippen LogP contribution in [0.5, 0.6) is 11.5 Å². The van der Waals surface area contributed by atoms with E-state index in [4.69, 9.17) is 0 Å². The number of hydrogen-bond acceptors (Lipinski definition) is 4. The Kier molecular flexibility index (Phi) is 5.48. The first-order chi connectivity index (χ1) is 9.99. The van der Waals surface area contributed by atoms with Crippen LogP contribution in [0.2, 0.25) is 0 Å². The Balaban J connectivity index is 2.12. The summed E-state index contributed by atoms with van der Waals surface area (Å²) in [5, 5.41) is 23.0. The second-order valence-corrected chi connectivity index (χ2v) is 6.42. The molecule has 1 heterocycles. The molecule has 1 aromatic rings. The molecule has 1 fully saturated rings. The molecule has 1 aliphatic rings. The van der Waals surface area contributed by atoms with Crippen LogP contribution in [0.15, 0.2) is 18.2 Å². The first-order valence-corrected chi connectivity index (χ1v) is 7.97. The van der Waals surface area contributed by atoms with Crippen LogP contribution in [0, 0.1) is 5.92 Å². The van der Waals surface area contributed by atoms with Crippen LogP contribution in [0.25, 0.3) is 0 Å². The monoisotopic (exact) mass is 292 g/mol. The Bertz CT molecular complexity index is 456. The summed E-state index contributed by atoms with van der Waals surface area (Å²) in [6.45, 7) is 9.77. The van der Waals surface area contributed by atoms with Gasteiger partial charge in [0.2, 0.25) is 0 Å². The molecule has 4 heteroatoms. The zero-order valence-electron chi connectivity index (χ0n) is 13.3. The summed E-state index contributed by atoms with van der Waals surface area (Å²) in [5.41, 5.74) is 0.880. The Morgan fingerprint density at radius 1 is 1.29 bits per heavy atom. The largest absolute Gasteiger partial charge is 0.508 e. The minimum absolute atomic E-state index is 0.107. The van der Waals surface area contributed by atoms with Crippen molar-refractivity contribution in [1.82, 2.24) is 10.2 Å². The van der Waals surface area contributed by atoms with E-state index in [1.165, 1.54) is 18.9 Å². The van der Waals surface area contributed by atoms with E-state index in [0.29, 0.717) is 12.0 Å². The molecule has 2 rings (SSSR count). The number of benzene rings is 1. The summed E-state index contributed by atoms with van der Waals surface area (Å²) >= 11 is 0. The second kappa shape index (κ2) is 7.14. The summed E-state index contributed by atoms with van der Waals surface area (Å²) in [7, 11) is 0. The van der Waals surface area contributed by atoms with Gasteiger partial charge in [-0.2, -0.15) is 0 Å². The molecule has 1 aliphatic heterocycles. The first-order valence-electron chi connectivity index (χ1n) is 7.97. The molecule has 1 saturated heterocycles. The Hall–Kier alpha value is -1.26. The molecule has 0 bridgehead atoms. The van der Waals surface area contributed by atoms with Gasteiger partial charge in [-0.05, 0) is 58.7 Å². The highest BCUT2D eigenvalue weighted by Gasteiger charge is 2.25. The summed E-state index contributed by atoms with van der Waals surface area (Å²) < 4.78 is 0. The molecule has 0 saturated carbocycles. The van der Waals surface area contributed by atoms with Gasteiger partial charge in [0.05, 0.1) is 0 Å². The molecule has 0 aromatic heterocycles. The lowest BCUT2D eigenvalue weighted by Gasteiger charge is -2.37. The zero-order chi connectivity index (χ0) is 15.4. The van der Waals surface area contributed by atoms with Crippen LogP contribution in [0.3, 0.4) is 0 Å². The van der Waals surface area contributed by atoms with Gasteiger partial charge < -0.3 is 15.5 Å². The van der Waals surface area contributed by atoms with Gasteiger partial charge in [-0.1, -0.05) is 6.07 Å². The van der Waals surface area contributed by atoms with Crippen molar-refractivity contribution in [2.75, 3.05) is 19.6 Å². The smallest absolute Gasteiger partial charge is 0.124 e. The van der Waals surface area contributed by atoms with E-state index in [-0.39, 0.29) is 17.5 Å². The van der Waals surface area contributed by atoms with Gasteiger partial charge in [-0.25, -0.2) is 0 Å². The fourth-order valence-electron chi connectivity index (χ4n) is 3.26. The topological polar surface area (TPSA) is 55.7 Å². The summed E-state index contributed by atoms with van der Waals surface area (Å²) in [6.07, 6.45) is 2.51. The van der Waals surface area contributed by atoms with E-state index in [9.17, 15) is 10.2 Å². The van der Waals surface area contributed by atoms with Crippen molar-refractivity contribution in [2.45, 2.75) is 45.7 Å². The van der Waals surface area contributed by atoms with Gasteiger partial charge in [-0.15, -0.1) is 0 Å². The van der Waals surface area contributed by atoms with Gasteiger partial charge in [-0.3, -0.25) is 4.90 Å². The number of nitrogens with zero attached hydrogens (tertiary/aromatic N) is 1. The standard InChI is InChI=1S/C17H28N2O2/c1-12(2)19(11-14-5-4-8-18-10-14)13(3)16-7-6-15(20)9-17(16)21/h6-7,9,12-14,18,20-21H,4-5,8,10-11H2,1-3H3. The van der Waals surface area contributed by atoms with Gasteiger partial charge >= 0.3 is 0 Å². The number of nitrogens with one attached hydrogen (secondary N) is 1. The molecule has 0 radical (unpaired) electrons. The summed E-state index contributed by atoms with van der Waals surface area (Å²) in [5.74, 6) is 0.953. The normalized spacial score (nSPS) is 20.9. The fraction of sp³-hybridized carbons (Fsp3) is 0.647. The molecule has 118 valence electrons. The minimum Gasteiger partial charge on any atom is -0.508 e. The molecule has 1 aromatic carbocycles. The molecule has 0 amide bonds. The van der Waals surface area contributed by atoms with Crippen LogP contribution in [0.1, 0.15) is 45.2 Å². The number of piperidine rings is 1. The minimum atomic E-state index is 0.107. The maximum atomic E-state index is 10.1. The van der Waals surface area contributed by atoms with Gasteiger partial charge in [0.25, 0.3) is 0 Å². The molecule has 3 N–H and O–H groups in total. The molecule has 4 nitrogen and oxygen atoms in total. The predicted molar refractivity (Wildman–Crippen MR) is 85.6 cm³/mol. The average Bonchev–Trinajstić information content (AvgIpc) is 2.45. The lowest BCUT2D eigenvalue weighted by molar-refractivity contribution is 0.125. The highest BCUT2D eigenvalue weighted by atomic mass is 16.3. The molecule has 2 unspecified atom stereocenters. The molecule has 0 spiro atoms.